The van der Waals surface area contributed by atoms with Gasteiger partial charge in [0.2, 0.25) is 0 Å². The van der Waals surface area contributed by atoms with E-state index in [2.05, 4.69) is 24.2 Å². The van der Waals surface area contributed by atoms with Crippen molar-refractivity contribution in [2.24, 2.45) is 7.05 Å². The van der Waals surface area contributed by atoms with E-state index >= 15 is 0 Å². The molecule has 1 aliphatic rings. The quantitative estimate of drug-likeness (QED) is 0.684. The van der Waals surface area contributed by atoms with Crippen LogP contribution in [0.4, 0.5) is 0 Å². The Morgan fingerprint density at radius 1 is 1.17 bits per heavy atom. The fourth-order valence-electron chi connectivity index (χ4n) is 4.15. The molecule has 3 heterocycles. The summed E-state index contributed by atoms with van der Waals surface area (Å²) < 4.78 is 9.45. The summed E-state index contributed by atoms with van der Waals surface area (Å²) in [7, 11) is 1.81. The van der Waals surface area contributed by atoms with Gasteiger partial charge in [-0.2, -0.15) is 10.2 Å². The fraction of sp³-hybridized carbons (Fsp3) is 0.409. The van der Waals surface area contributed by atoms with Crippen LogP contribution in [0.15, 0.2) is 36.4 Å². The van der Waals surface area contributed by atoms with Gasteiger partial charge in [0.25, 0.3) is 5.91 Å². The predicted octanol–water partition coefficient (Wildman–Crippen LogP) is 2.80. The lowest BCUT2D eigenvalue weighted by Crippen LogP contribution is -2.44. The van der Waals surface area contributed by atoms with Gasteiger partial charge in [-0.15, -0.1) is 0 Å². The zero-order valence-corrected chi connectivity index (χ0v) is 17.4. The van der Waals surface area contributed by atoms with Crippen LogP contribution in [0, 0.1) is 20.8 Å². The summed E-state index contributed by atoms with van der Waals surface area (Å²) in [6, 6.07) is 12.0. The van der Waals surface area contributed by atoms with Gasteiger partial charge in [-0.1, -0.05) is 30.3 Å². The number of hydrogen-bond acceptors (Lipinski definition) is 4. The first-order chi connectivity index (χ1) is 14.0. The summed E-state index contributed by atoms with van der Waals surface area (Å²) in [5, 5.41) is 9.11. The van der Waals surface area contributed by atoms with Crippen LogP contribution in [0.25, 0.3) is 0 Å². The molecule has 0 bridgehead atoms. The first kappa shape index (κ1) is 19.4. The number of amides is 1. The molecule has 0 radical (unpaired) electrons. The van der Waals surface area contributed by atoms with E-state index in [0.29, 0.717) is 32.0 Å². The lowest BCUT2D eigenvalue weighted by atomic mass is 10.0. The zero-order chi connectivity index (χ0) is 20.5. The summed E-state index contributed by atoms with van der Waals surface area (Å²) in [6.45, 7) is 8.25. The molecule has 1 atom stereocenters. The molecule has 7 nitrogen and oxygen atoms in total. The van der Waals surface area contributed by atoms with Crippen molar-refractivity contribution < 1.29 is 9.53 Å². The second kappa shape index (κ2) is 7.83. The van der Waals surface area contributed by atoms with Crippen molar-refractivity contribution in [2.75, 3.05) is 19.8 Å². The smallest absolute Gasteiger partial charge is 0.272 e. The van der Waals surface area contributed by atoms with E-state index < -0.39 is 0 Å². The van der Waals surface area contributed by atoms with Crippen molar-refractivity contribution in [2.45, 2.75) is 33.4 Å². The van der Waals surface area contributed by atoms with Crippen LogP contribution in [-0.4, -0.2) is 50.1 Å². The van der Waals surface area contributed by atoms with Gasteiger partial charge in [-0.25, -0.2) is 0 Å². The Kier molecular flexibility index (Phi) is 5.24. The first-order valence-corrected chi connectivity index (χ1v) is 9.93. The number of benzene rings is 1. The fourth-order valence-corrected chi connectivity index (χ4v) is 4.15. The average molecular weight is 393 g/mol. The molecule has 4 rings (SSSR count). The molecule has 1 unspecified atom stereocenters. The second-order valence-electron chi connectivity index (χ2n) is 7.61. The summed E-state index contributed by atoms with van der Waals surface area (Å²) in [5.74, 6) is -0.0176. The highest BCUT2D eigenvalue weighted by Crippen LogP contribution is 2.31. The molecule has 1 saturated heterocycles. The molecule has 1 aromatic carbocycles. The van der Waals surface area contributed by atoms with E-state index in [0.717, 1.165) is 22.6 Å². The highest BCUT2D eigenvalue weighted by molar-refractivity contribution is 5.93. The number of nitrogens with zero attached hydrogens (tertiary/aromatic N) is 5. The van der Waals surface area contributed by atoms with Gasteiger partial charge in [0.05, 0.1) is 37.2 Å². The number of aromatic nitrogens is 4. The molecule has 7 heteroatoms. The van der Waals surface area contributed by atoms with Crippen molar-refractivity contribution in [3.8, 4) is 0 Å². The third-order valence-corrected chi connectivity index (χ3v) is 5.56. The Labute approximate surface area is 170 Å². The van der Waals surface area contributed by atoms with Crippen LogP contribution < -0.4 is 0 Å². The summed E-state index contributed by atoms with van der Waals surface area (Å²) in [4.78, 5) is 15.2. The van der Waals surface area contributed by atoms with Crippen LogP contribution in [0.2, 0.25) is 0 Å². The Hall–Kier alpha value is -2.93. The lowest BCUT2D eigenvalue weighted by Gasteiger charge is -2.36. The van der Waals surface area contributed by atoms with Gasteiger partial charge < -0.3 is 9.64 Å². The standard InChI is InChI=1S/C22H27N5O2/c1-15-12-19(25(4)23-15)22(28)26-10-11-29-14-20(26)21-16(2)24-27(17(21)3)13-18-8-6-5-7-9-18/h5-9,12,20H,10-11,13-14H2,1-4H3. The number of carbonyl (C=O) groups excluding carboxylic acids is 1. The van der Waals surface area contributed by atoms with E-state index in [1.165, 1.54) is 5.56 Å². The van der Waals surface area contributed by atoms with E-state index in [1.54, 1.807) is 4.68 Å². The maximum Gasteiger partial charge on any atom is 0.272 e. The Morgan fingerprint density at radius 2 is 1.93 bits per heavy atom. The number of aryl methyl sites for hydroxylation is 3. The molecule has 1 aliphatic heterocycles. The Bertz CT molecular complexity index is 1020. The van der Waals surface area contributed by atoms with Crippen molar-refractivity contribution in [3.63, 3.8) is 0 Å². The molecule has 1 amide bonds. The molecule has 3 aromatic rings. The second-order valence-corrected chi connectivity index (χ2v) is 7.61. The van der Waals surface area contributed by atoms with Gasteiger partial charge >= 0.3 is 0 Å². The highest BCUT2D eigenvalue weighted by Gasteiger charge is 2.34. The minimum atomic E-state index is -0.157. The topological polar surface area (TPSA) is 65.2 Å². The third-order valence-electron chi connectivity index (χ3n) is 5.56. The average Bonchev–Trinajstić information content (AvgIpc) is 3.19. The van der Waals surface area contributed by atoms with Crippen LogP contribution in [0.1, 0.15) is 44.7 Å². The maximum atomic E-state index is 13.3. The minimum absolute atomic E-state index is 0.0176. The molecule has 152 valence electrons. The molecule has 1 fully saturated rings. The van der Waals surface area contributed by atoms with E-state index in [4.69, 9.17) is 9.84 Å². The number of morpholine rings is 1. The van der Waals surface area contributed by atoms with Crippen LogP contribution in [0.3, 0.4) is 0 Å². The number of rotatable bonds is 4. The molecule has 0 aliphatic carbocycles. The third kappa shape index (κ3) is 3.70. The predicted molar refractivity (Wildman–Crippen MR) is 110 cm³/mol. The monoisotopic (exact) mass is 393 g/mol. The molecule has 0 spiro atoms. The maximum absolute atomic E-state index is 13.3. The molecule has 29 heavy (non-hydrogen) atoms. The summed E-state index contributed by atoms with van der Waals surface area (Å²) in [6.07, 6.45) is 0. The minimum Gasteiger partial charge on any atom is -0.377 e. The largest absolute Gasteiger partial charge is 0.377 e. The van der Waals surface area contributed by atoms with Gasteiger partial charge in [-0.05, 0) is 32.4 Å². The van der Waals surface area contributed by atoms with Gasteiger partial charge in [0.15, 0.2) is 0 Å². The van der Waals surface area contributed by atoms with E-state index in [9.17, 15) is 4.79 Å². The zero-order valence-electron chi connectivity index (χ0n) is 17.4. The van der Waals surface area contributed by atoms with Crippen LogP contribution >= 0.6 is 0 Å². The SMILES string of the molecule is Cc1cc(C(=O)N2CCOCC2c2c(C)nn(Cc3ccccc3)c2C)n(C)n1. The van der Waals surface area contributed by atoms with E-state index in [-0.39, 0.29) is 11.9 Å². The van der Waals surface area contributed by atoms with Gasteiger partial charge in [0, 0.05) is 24.8 Å². The van der Waals surface area contributed by atoms with Crippen molar-refractivity contribution >= 4 is 5.91 Å². The van der Waals surface area contributed by atoms with Crippen LogP contribution in [0.5, 0.6) is 0 Å². The normalized spacial score (nSPS) is 17.0. The molecule has 2 aromatic heterocycles. The van der Waals surface area contributed by atoms with Gasteiger partial charge in [0.1, 0.15) is 5.69 Å². The van der Waals surface area contributed by atoms with Crippen molar-refractivity contribution in [3.05, 3.63) is 70.3 Å². The molecular formula is C22H27N5O2. The Morgan fingerprint density at radius 3 is 2.62 bits per heavy atom. The van der Waals surface area contributed by atoms with Crippen LogP contribution in [-0.2, 0) is 18.3 Å². The molecule has 0 N–H and O–H groups in total. The van der Waals surface area contributed by atoms with E-state index in [1.807, 2.05) is 54.7 Å². The number of ether oxygens (including phenoxy) is 1. The summed E-state index contributed by atoms with van der Waals surface area (Å²) >= 11 is 0. The first-order valence-electron chi connectivity index (χ1n) is 9.93. The lowest BCUT2D eigenvalue weighted by molar-refractivity contribution is -0.00361. The van der Waals surface area contributed by atoms with Crippen molar-refractivity contribution in [1.29, 1.82) is 0 Å². The Balaban J connectivity index is 1.67. The summed E-state index contributed by atoms with van der Waals surface area (Å²) in [5.41, 5.74) is 5.72. The number of hydrogen-bond donors (Lipinski definition) is 0. The molecule has 0 saturated carbocycles. The number of carbonyl (C=O) groups is 1. The van der Waals surface area contributed by atoms with Crippen molar-refractivity contribution in [1.82, 2.24) is 24.5 Å². The highest BCUT2D eigenvalue weighted by atomic mass is 16.5. The molecular weight excluding hydrogens is 366 g/mol. The van der Waals surface area contributed by atoms with Gasteiger partial charge in [-0.3, -0.25) is 14.2 Å².